The molecule has 1 aromatic carbocycles. The lowest BCUT2D eigenvalue weighted by molar-refractivity contribution is 0.0787. The van der Waals surface area contributed by atoms with Gasteiger partial charge in [0.15, 0.2) is 0 Å². The molecule has 0 aliphatic carbocycles. The summed E-state index contributed by atoms with van der Waals surface area (Å²) in [4.78, 5) is 14.4. The van der Waals surface area contributed by atoms with Crippen molar-refractivity contribution in [3.05, 3.63) is 29.3 Å². The highest BCUT2D eigenvalue weighted by Crippen LogP contribution is 2.27. The van der Waals surface area contributed by atoms with Crippen LogP contribution in [0, 0.1) is 5.92 Å². The van der Waals surface area contributed by atoms with Crippen LogP contribution in [0.3, 0.4) is 0 Å². The molecule has 3 rings (SSSR count). The van der Waals surface area contributed by atoms with Gasteiger partial charge in [0.2, 0.25) is 0 Å². The van der Waals surface area contributed by atoms with Crippen LogP contribution in [0.2, 0.25) is 0 Å². The number of amides is 1. The molecule has 1 fully saturated rings. The highest BCUT2D eigenvalue weighted by atomic mass is 16.5. The number of benzene rings is 1. The zero-order valence-corrected chi connectivity index (χ0v) is 11.3. The number of likely N-dealkylation sites (tertiary alicyclic amines) is 1. The molecule has 2 aliphatic rings. The van der Waals surface area contributed by atoms with E-state index >= 15 is 0 Å². The van der Waals surface area contributed by atoms with E-state index in [4.69, 9.17) is 4.74 Å². The van der Waals surface area contributed by atoms with Crippen LogP contribution >= 0.6 is 0 Å². The minimum Gasteiger partial charge on any atom is -0.493 e. The van der Waals surface area contributed by atoms with Crippen molar-refractivity contribution in [3.63, 3.8) is 0 Å². The largest absolute Gasteiger partial charge is 0.493 e. The van der Waals surface area contributed by atoms with Crippen LogP contribution in [0.15, 0.2) is 18.2 Å². The van der Waals surface area contributed by atoms with Gasteiger partial charge in [-0.2, -0.15) is 0 Å². The van der Waals surface area contributed by atoms with Crippen molar-refractivity contribution in [3.8, 4) is 5.75 Å². The first-order valence-corrected chi connectivity index (χ1v) is 6.97. The molecule has 102 valence electrons. The molecule has 0 aromatic heterocycles. The minimum atomic E-state index is 0.160. The van der Waals surface area contributed by atoms with E-state index in [-0.39, 0.29) is 5.91 Å². The van der Waals surface area contributed by atoms with Crippen LogP contribution in [0.5, 0.6) is 5.75 Å². The van der Waals surface area contributed by atoms with Gasteiger partial charge in [0.05, 0.1) is 6.61 Å². The van der Waals surface area contributed by atoms with Gasteiger partial charge in [0.25, 0.3) is 5.91 Å². The van der Waals surface area contributed by atoms with Gasteiger partial charge in [-0.25, -0.2) is 0 Å². The molecular weight excluding hydrogens is 240 g/mol. The smallest absolute Gasteiger partial charge is 0.253 e. The summed E-state index contributed by atoms with van der Waals surface area (Å²) >= 11 is 0. The average Bonchev–Trinajstić information content (AvgIpc) is 3.05. The molecule has 19 heavy (non-hydrogen) atoms. The fourth-order valence-corrected chi connectivity index (χ4v) is 2.97. The van der Waals surface area contributed by atoms with Crippen molar-refractivity contribution < 1.29 is 9.53 Å². The summed E-state index contributed by atoms with van der Waals surface area (Å²) in [6.45, 7) is 3.47. The first kappa shape index (κ1) is 12.5. The summed E-state index contributed by atoms with van der Waals surface area (Å²) < 4.78 is 5.47. The molecule has 2 heterocycles. The molecule has 4 nitrogen and oxygen atoms in total. The standard InChI is InChI=1S/C15H20N2O2/c1-16-9-11-4-6-17(10-11)15(18)13-2-3-14-12(8-13)5-7-19-14/h2-3,8,11,16H,4-7,9-10H2,1H3/t11-/m1/s1. The van der Waals surface area contributed by atoms with Crippen molar-refractivity contribution >= 4 is 5.91 Å². The van der Waals surface area contributed by atoms with Crippen LogP contribution < -0.4 is 10.1 Å². The fourth-order valence-electron chi connectivity index (χ4n) is 2.97. The molecule has 0 spiro atoms. The summed E-state index contributed by atoms with van der Waals surface area (Å²) in [5.74, 6) is 1.69. The van der Waals surface area contributed by atoms with Gasteiger partial charge < -0.3 is 15.0 Å². The van der Waals surface area contributed by atoms with Gasteiger partial charge in [-0.3, -0.25) is 4.79 Å². The molecule has 0 saturated carbocycles. The lowest BCUT2D eigenvalue weighted by Crippen LogP contribution is -2.30. The highest BCUT2D eigenvalue weighted by molar-refractivity contribution is 5.94. The Morgan fingerprint density at radius 1 is 1.53 bits per heavy atom. The Hall–Kier alpha value is -1.55. The summed E-state index contributed by atoms with van der Waals surface area (Å²) in [7, 11) is 1.96. The van der Waals surface area contributed by atoms with Crippen LogP contribution in [0.1, 0.15) is 22.3 Å². The molecule has 1 amide bonds. The second-order valence-electron chi connectivity index (χ2n) is 5.38. The number of nitrogens with one attached hydrogen (secondary N) is 1. The quantitative estimate of drug-likeness (QED) is 0.891. The number of fused-ring (bicyclic) bond motifs is 1. The van der Waals surface area contributed by atoms with E-state index in [1.165, 1.54) is 0 Å². The third-order valence-corrected chi connectivity index (χ3v) is 4.00. The topological polar surface area (TPSA) is 41.6 Å². The first-order chi connectivity index (χ1) is 9.28. The van der Waals surface area contributed by atoms with E-state index in [0.717, 1.165) is 56.0 Å². The number of nitrogens with zero attached hydrogens (tertiary/aromatic N) is 1. The van der Waals surface area contributed by atoms with Crippen molar-refractivity contribution in [2.75, 3.05) is 33.3 Å². The maximum atomic E-state index is 12.5. The average molecular weight is 260 g/mol. The van der Waals surface area contributed by atoms with E-state index in [1.54, 1.807) is 0 Å². The number of carbonyl (C=O) groups excluding carboxylic acids is 1. The molecule has 2 aliphatic heterocycles. The van der Waals surface area contributed by atoms with Gasteiger partial charge in [0.1, 0.15) is 5.75 Å². The maximum Gasteiger partial charge on any atom is 0.253 e. The number of rotatable bonds is 3. The predicted octanol–water partition coefficient (Wildman–Crippen LogP) is 1.30. The molecule has 1 N–H and O–H groups in total. The molecule has 1 atom stereocenters. The second-order valence-corrected chi connectivity index (χ2v) is 5.38. The Bertz CT molecular complexity index is 487. The van der Waals surface area contributed by atoms with Gasteiger partial charge >= 0.3 is 0 Å². The molecular formula is C15H20N2O2. The monoisotopic (exact) mass is 260 g/mol. The molecule has 1 saturated heterocycles. The number of hydrogen-bond acceptors (Lipinski definition) is 3. The predicted molar refractivity (Wildman–Crippen MR) is 73.6 cm³/mol. The highest BCUT2D eigenvalue weighted by Gasteiger charge is 2.27. The SMILES string of the molecule is CNC[C@H]1CCN(C(=O)c2ccc3c(c2)CCO3)C1. The van der Waals surface area contributed by atoms with Crippen LogP contribution in [0.25, 0.3) is 0 Å². The van der Waals surface area contributed by atoms with Crippen LogP contribution in [-0.2, 0) is 6.42 Å². The Kier molecular flexibility index (Phi) is 3.42. The summed E-state index contributed by atoms with van der Waals surface area (Å²) in [6.07, 6.45) is 2.01. The Morgan fingerprint density at radius 3 is 3.26 bits per heavy atom. The number of carbonyl (C=O) groups is 1. The minimum absolute atomic E-state index is 0.160. The second kappa shape index (κ2) is 5.21. The van der Waals surface area contributed by atoms with Crippen LogP contribution in [0.4, 0.5) is 0 Å². The Labute approximate surface area is 113 Å². The zero-order chi connectivity index (χ0) is 13.2. The van der Waals surface area contributed by atoms with Gasteiger partial charge in [0, 0.05) is 25.1 Å². The van der Waals surface area contributed by atoms with Crippen molar-refractivity contribution in [1.29, 1.82) is 0 Å². The molecule has 0 radical (unpaired) electrons. The van der Waals surface area contributed by atoms with E-state index in [9.17, 15) is 4.79 Å². The van der Waals surface area contributed by atoms with E-state index in [0.29, 0.717) is 5.92 Å². The molecule has 4 heteroatoms. The Morgan fingerprint density at radius 2 is 2.42 bits per heavy atom. The van der Waals surface area contributed by atoms with E-state index in [2.05, 4.69) is 5.32 Å². The van der Waals surface area contributed by atoms with Gasteiger partial charge in [-0.15, -0.1) is 0 Å². The number of hydrogen-bond donors (Lipinski definition) is 1. The van der Waals surface area contributed by atoms with E-state index in [1.807, 2.05) is 30.1 Å². The van der Waals surface area contributed by atoms with Crippen LogP contribution in [-0.4, -0.2) is 44.1 Å². The zero-order valence-electron chi connectivity index (χ0n) is 11.3. The summed E-state index contributed by atoms with van der Waals surface area (Å²) in [5, 5.41) is 3.19. The van der Waals surface area contributed by atoms with E-state index < -0.39 is 0 Å². The number of ether oxygens (including phenoxy) is 1. The maximum absolute atomic E-state index is 12.5. The van der Waals surface area contributed by atoms with Gasteiger partial charge in [-0.1, -0.05) is 0 Å². The third-order valence-electron chi connectivity index (χ3n) is 4.00. The van der Waals surface area contributed by atoms with Crippen molar-refractivity contribution in [2.24, 2.45) is 5.92 Å². The normalized spacial score (nSPS) is 21.3. The van der Waals surface area contributed by atoms with Gasteiger partial charge in [-0.05, 0) is 49.7 Å². The summed E-state index contributed by atoms with van der Waals surface area (Å²) in [5.41, 5.74) is 1.96. The molecule has 0 bridgehead atoms. The molecule has 1 aromatic rings. The summed E-state index contributed by atoms with van der Waals surface area (Å²) in [6, 6.07) is 5.81. The molecule has 0 unspecified atom stereocenters. The lowest BCUT2D eigenvalue weighted by Gasteiger charge is -2.17. The Balaban J connectivity index is 1.71. The van der Waals surface area contributed by atoms with Crippen molar-refractivity contribution in [1.82, 2.24) is 10.2 Å². The fraction of sp³-hybridized carbons (Fsp3) is 0.533. The lowest BCUT2D eigenvalue weighted by atomic mass is 10.1. The first-order valence-electron chi connectivity index (χ1n) is 6.97. The van der Waals surface area contributed by atoms with Crippen molar-refractivity contribution in [2.45, 2.75) is 12.8 Å². The third kappa shape index (κ3) is 2.45.